The summed E-state index contributed by atoms with van der Waals surface area (Å²) in [5, 5.41) is 0. The summed E-state index contributed by atoms with van der Waals surface area (Å²) in [4.78, 5) is 11.3. The van der Waals surface area contributed by atoms with Crippen molar-refractivity contribution >= 4 is 5.97 Å². The van der Waals surface area contributed by atoms with Crippen molar-refractivity contribution < 1.29 is 15.3 Å². The number of hydrogen-bond acceptors (Lipinski definition) is 2. The molecule has 0 amide bonds. The highest BCUT2D eigenvalue weighted by molar-refractivity contribution is 5.79. The smallest absolute Gasteiger partial charge is 0.367 e. The van der Waals surface area contributed by atoms with Gasteiger partial charge >= 0.3 is 5.97 Å². The number of carbonyl (C=O) groups excluding carboxylic acids is 1. The van der Waals surface area contributed by atoms with Gasteiger partial charge in [0, 0.05) is 12.8 Å². The van der Waals surface area contributed by atoms with Gasteiger partial charge < -0.3 is 10.5 Å². The van der Waals surface area contributed by atoms with Crippen molar-refractivity contribution in [1.29, 1.82) is 0 Å². The highest BCUT2D eigenvalue weighted by Gasteiger charge is 2.42. The number of quaternary nitrogens is 1. The van der Waals surface area contributed by atoms with E-state index in [2.05, 4.69) is 5.73 Å². The van der Waals surface area contributed by atoms with E-state index in [4.69, 9.17) is 4.74 Å². The van der Waals surface area contributed by atoms with Crippen molar-refractivity contribution in [2.75, 3.05) is 6.61 Å². The first-order chi connectivity index (χ1) is 5.19. The van der Waals surface area contributed by atoms with Crippen LogP contribution in [0, 0.1) is 0 Å². The minimum atomic E-state index is -0.407. The van der Waals surface area contributed by atoms with E-state index in [0.717, 1.165) is 25.7 Å². The molecule has 0 saturated heterocycles. The Labute approximate surface area is 66.9 Å². The third-order valence-corrected chi connectivity index (χ3v) is 2.27. The van der Waals surface area contributed by atoms with Crippen molar-refractivity contribution in [3.8, 4) is 0 Å². The maximum absolute atomic E-state index is 11.3. The first-order valence-corrected chi connectivity index (χ1v) is 4.21. The van der Waals surface area contributed by atoms with Gasteiger partial charge in [0.25, 0.3) is 0 Å². The lowest BCUT2D eigenvalue weighted by Crippen LogP contribution is -2.75. The van der Waals surface area contributed by atoms with Crippen LogP contribution in [0.3, 0.4) is 0 Å². The molecule has 3 nitrogen and oxygen atoms in total. The molecule has 0 spiro atoms. The van der Waals surface area contributed by atoms with E-state index >= 15 is 0 Å². The highest BCUT2D eigenvalue weighted by Crippen LogP contribution is 2.26. The summed E-state index contributed by atoms with van der Waals surface area (Å²) in [6, 6.07) is 0. The van der Waals surface area contributed by atoms with E-state index in [1.165, 1.54) is 0 Å². The second kappa shape index (κ2) is 3.22. The monoisotopic (exact) mass is 158 g/mol. The average molecular weight is 158 g/mol. The average Bonchev–Trinajstić information content (AvgIpc) is 2.38. The van der Waals surface area contributed by atoms with Crippen molar-refractivity contribution in [2.45, 2.75) is 38.1 Å². The van der Waals surface area contributed by atoms with Gasteiger partial charge in [0.15, 0.2) is 5.54 Å². The molecule has 0 heterocycles. The molecule has 11 heavy (non-hydrogen) atoms. The molecule has 64 valence electrons. The molecule has 0 radical (unpaired) electrons. The number of rotatable bonds is 2. The largest absolute Gasteiger partial charge is 0.461 e. The Morgan fingerprint density at radius 3 is 2.55 bits per heavy atom. The summed E-state index contributed by atoms with van der Waals surface area (Å²) in [5.74, 6) is -0.113. The SMILES string of the molecule is CCOC(=O)C1([NH3+])CCCC1. The lowest BCUT2D eigenvalue weighted by molar-refractivity contribution is -0.460. The molecule has 1 fully saturated rings. The molecule has 0 bridgehead atoms. The standard InChI is InChI=1S/C8H15NO2/c1-2-11-7(10)8(9)5-3-4-6-8/h2-6,9H2,1H3/p+1. The molecule has 1 rings (SSSR count). The zero-order valence-corrected chi connectivity index (χ0v) is 7.06. The normalized spacial score (nSPS) is 21.6. The second-order valence-electron chi connectivity index (χ2n) is 3.21. The lowest BCUT2D eigenvalue weighted by atomic mass is 10.00. The minimum absolute atomic E-state index is 0.113. The summed E-state index contributed by atoms with van der Waals surface area (Å²) in [6.07, 6.45) is 4.02. The topological polar surface area (TPSA) is 53.9 Å². The fourth-order valence-electron chi connectivity index (χ4n) is 1.54. The molecule has 0 atom stereocenters. The van der Waals surface area contributed by atoms with Gasteiger partial charge in [0.2, 0.25) is 0 Å². The molecule has 0 aromatic carbocycles. The van der Waals surface area contributed by atoms with Crippen LogP contribution in [-0.4, -0.2) is 18.1 Å². The number of ether oxygens (including phenoxy) is 1. The summed E-state index contributed by atoms with van der Waals surface area (Å²) < 4.78 is 4.93. The van der Waals surface area contributed by atoms with Gasteiger partial charge in [-0.25, -0.2) is 4.79 Å². The molecular weight excluding hydrogens is 142 g/mol. The van der Waals surface area contributed by atoms with Gasteiger partial charge in [0.1, 0.15) is 0 Å². The van der Waals surface area contributed by atoms with Crippen molar-refractivity contribution in [3.05, 3.63) is 0 Å². The van der Waals surface area contributed by atoms with E-state index in [9.17, 15) is 4.79 Å². The van der Waals surface area contributed by atoms with Crippen LogP contribution in [0.15, 0.2) is 0 Å². The minimum Gasteiger partial charge on any atom is -0.461 e. The molecule has 1 aliphatic rings. The number of carbonyl (C=O) groups is 1. The van der Waals surface area contributed by atoms with Crippen LogP contribution in [0.25, 0.3) is 0 Å². The molecule has 3 heteroatoms. The van der Waals surface area contributed by atoms with Gasteiger partial charge in [-0.05, 0) is 19.8 Å². The summed E-state index contributed by atoms with van der Waals surface area (Å²) in [6.45, 7) is 2.30. The Hall–Kier alpha value is -0.570. The van der Waals surface area contributed by atoms with Crippen LogP contribution in [0.5, 0.6) is 0 Å². The van der Waals surface area contributed by atoms with Crippen LogP contribution < -0.4 is 5.73 Å². The first kappa shape index (κ1) is 8.53. The van der Waals surface area contributed by atoms with E-state index in [1.54, 1.807) is 0 Å². The molecular formula is C8H16NO2+. The summed E-state index contributed by atoms with van der Waals surface area (Å²) in [5.41, 5.74) is 3.51. The molecule has 1 aliphatic carbocycles. The third-order valence-electron chi connectivity index (χ3n) is 2.27. The van der Waals surface area contributed by atoms with Gasteiger partial charge in [-0.1, -0.05) is 0 Å². The summed E-state index contributed by atoms with van der Waals surface area (Å²) in [7, 11) is 0. The molecule has 1 saturated carbocycles. The van der Waals surface area contributed by atoms with Crippen LogP contribution in [0.1, 0.15) is 32.6 Å². The molecule has 0 aromatic heterocycles. The molecule has 3 N–H and O–H groups in total. The number of hydrogen-bond donors (Lipinski definition) is 1. The Kier molecular flexibility index (Phi) is 2.49. The van der Waals surface area contributed by atoms with E-state index in [1.807, 2.05) is 6.92 Å². The zero-order chi connectivity index (χ0) is 8.32. The van der Waals surface area contributed by atoms with E-state index in [0.29, 0.717) is 6.61 Å². The molecule has 0 aliphatic heterocycles. The molecule has 0 unspecified atom stereocenters. The number of esters is 1. The van der Waals surface area contributed by atoms with Crippen LogP contribution in [-0.2, 0) is 9.53 Å². The van der Waals surface area contributed by atoms with Crippen LogP contribution in [0.2, 0.25) is 0 Å². The first-order valence-electron chi connectivity index (χ1n) is 4.21. The van der Waals surface area contributed by atoms with E-state index in [-0.39, 0.29) is 5.97 Å². The predicted octanol–water partition coefficient (Wildman–Crippen LogP) is 0.104. The Bertz CT molecular complexity index is 150. The highest BCUT2D eigenvalue weighted by atomic mass is 16.5. The fraction of sp³-hybridized carbons (Fsp3) is 0.875. The third kappa shape index (κ3) is 1.71. The quantitative estimate of drug-likeness (QED) is 0.580. The second-order valence-corrected chi connectivity index (χ2v) is 3.21. The summed E-state index contributed by atoms with van der Waals surface area (Å²) >= 11 is 0. The predicted molar refractivity (Wildman–Crippen MR) is 40.7 cm³/mol. The molecule has 0 aromatic rings. The van der Waals surface area contributed by atoms with Gasteiger partial charge in [-0.3, -0.25) is 0 Å². The maximum Gasteiger partial charge on any atom is 0.367 e. The Morgan fingerprint density at radius 2 is 2.09 bits per heavy atom. The van der Waals surface area contributed by atoms with Crippen molar-refractivity contribution in [2.24, 2.45) is 0 Å². The van der Waals surface area contributed by atoms with Crippen molar-refractivity contribution in [3.63, 3.8) is 0 Å². The van der Waals surface area contributed by atoms with Gasteiger partial charge in [-0.2, -0.15) is 0 Å². The Balaban J connectivity index is 2.49. The zero-order valence-electron chi connectivity index (χ0n) is 7.06. The van der Waals surface area contributed by atoms with Crippen LogP contribution >= 0.6 is 0 Å². The van der Waals surface area contributed by atoms with Crippen molar-refractivity contribution in [1.82, 2.24) is 0 Å². The Morgan fingerprint density at radius 1 is 1.55 bits per heavy atom. The fourth-order valence-corrected chi connectivity index (χ4v) is 1.54. The lowest BCUT2D eigenvalue weighted by Gasteiger charge is -2.16. The van der Waals surface area contributed by atoms with Crippen LogP contribution in [0.4, 0.5) is 0 Å². The van der Waals surface area contributed by atoms with Gasteiger partial charge in [-0.15, -0.1) is 0 Å². The van der Waals surface area contributed by atoms with Gasteiger partial charge in [0.05, 0.1) is 6.61 Å². The maximum atomic E-state index is 11.3. The van der Waals surface area contributed by atoms with E-state index < -0.39 is 5.54 Å².